The number of methoxy groups -OCH3 is 1. The number of carbonyl (C=O) groups excluding carboxylic acids is 1. The summed E-state index contributed by atoms with van der Waals surface area (Å²) in [4.78, 5) is 11.4. The highest BCUT2D eigenvalue weighted by molar-refractivity contribution is 5.89. The molecule has 0 aliphatic heterocycles. The van der Waals surface area contributed by atoms with E-state index in [4.69, 9.17) is 10.5 Å². The summed E-state index contributed by atoms with van der Waals surface area (Å²) in [5.41, 5.74) is 9.14. The Labute approximate surface area is 95.6 Å². The van der Waals surface area contributed by atoms with Crippen molar-refractivity contribution in [2.24, 2.45) is 11.1 Å². The minimum absolute atomic E-state index is 0.00731. The Morgan fingerprint density at radius 1 is 1.50 bits per heavy atom. The SMILES string of the molecule is COC(=O)c1ccc2c(c1)[C@H](N)C(C)(C)C2. The zero-order valence-electron chi connectivity index (χ0n) is 9.91. The number of hydrogen-bond acceptors (Lipinski definition) is 3. The first-order valence-electron chi connectivity index (χ1n) is 5.42. The summed E-state index contributed by atoms with van der Waals surface area (Å²) in [5.74, 6) is -0.306. The van der Waals surface area contributed by atoms with E-state index < -0.39 is 0 Å². The largest absolute Gasteiger partial charge is 0.465 e. The van der Waals surface area contributed by atoms with Gasteiger partial charge in [-0.1, -0.05) is 19.9 Å². The maximum absolute atomic E-state index is 11.4. The smallest absolute Gasteiger partial charge is 0.337 e. The van der Waals surface area contributed by atoms with E-state index in [1.165, 1.54) is 12.7 Å². The van der Waals surface area contributed by atoms with Gasteiger partial charge in [0.05, 0.1) is 12.7 Å². The van der Waals surface area contributed by atoms with Crippen LogP contribution < -0.4 is 5.73 Å². The molecule has 1 aliphatic rings. The van der Waals surface area contributed by atoms with Crippen molar-refractivity contribution in [2.75, 3.05) is 7.11 Å². The van der Waals surface area contributed by atoms with Gasteiger partial charge in [-0.25, -0.2) is 4.79 Å². The number of rotatable bonds is 1. The van der Waals surface area contributed by atoms with Crippen LogP contribution in [0.4, 0.5) is 0 Å². The average Bonchev–Trinajstić information content (AvgIpc) is 2.48. The predicted octanol–water partition coefficient (Wildman–Crippen LogP) is 2.06. The van der Waals surface area contributed by atoms with E-state index in [0.717, 1.165) is 12.0 Å². The minimum Gasteiger partial charge on any atom is -0.465 e. The maximum atomic E-state index is 11.4. The van der Waals surface area contributed by atoms with E-state index in [0.29, 0.717) is 5.56 Å². The lowest BCUT2D eigenvalue weighted by molar-refractivity contribution is 0.0600. The lowest BCUT2D eigenvalue weighted by Crippen LogP contribution is -2.24. The molecule has 86 valence electrons. The number of ether oxygens (including phenoxy) is 1. The molecule has 0 heterocycles. The van der Waals surface area contributed by atoms with Gasteiger partial charge < -0.3 is 10.5 Å². The van der Waals surface area contributed by atoms with Crippen LogP contribution in [0.5, 0.6) is 0 Å². The Morgan fingerprint density at radius 2 is 2.19 bits per heavy atom. The summed E-state index contributed by atoms with van der Waals surface area (Å²) in [6.45, 7) is 4.30. The Morgan fingerprint density at radius 3 is 2.81 bits per heavy atom. The van der Waals surface area contributed by atoms with Gasteiger partial charge in [-0.15, -0.1) is 0 Å². The third kappa shape index (κ3) is 1.61. The van der Waals surface area contributed by atoms with Gasteiger partial charge in [0.1, 0.15) is 0 Å². The summed E-state index contributed by atoms with van der Waals surface area (Å²) in [6.07, 6.45) is 0.963. The van der Waals surface area contributed by atoms with E-state index in [9.17, 15) is 4.79 Å². The van der Waals surface area contributed by atoms with Crippen LogP contribution in [-0.4, -0.2) is 13.1 Å². The summed E-state index contributed by atoms with van der Waals surface area (Å²) in [7, 11) is 1.39. The number of esters is 1. The predicted molar refractivity (Wildman–Crippen MR) is 62.2 cm³/mol. The third-order valence-corrected chi connectivity index (χ3v) is 3.39. The van der Waals surface area contributed by atoms with Gasteiger partial charge in [-0.05, 0) is 35.1 Å². The van der Waals surface area contributed by atoms with Crippen molar-refractivity contribution >= 4 is 5.97 Å². The van der Waals surface area contributed by atoms with E-state index in [2.05, 4.69) is 13.8 Å². The Bertz CT molecular complexity index is 438. The molecule has 0 unspecified atom stereocenters. The second kappa shape index (κ2) is 3.59. The van der Waals surface area contributed by atoms with Gasteiger partial charge >= 0.3 is 5.97 Å². The molecule has 2 N–H and O–H groups in total. The first kappa shape index (κ1) is 11.1. The molecule has 3 heteroatoms. The zero-order chi connectivity index (χ0) is 11.9. The Balaban J connectivity index is 2.43. The normalized spacial score (nSPS) is 21.6. The number of nitrogens with two attached hydrogens (primary N) is 1. The van der Waals surface area contributed by atoms with Crippen molar-refractivity contribution in [3.63, 3.8) is 0 Å². The van der Waals surface area contributed by atoms with Gasteiger partial charge in [0.2, 0.25) is 0 Å². The Hall–Kier alpha value is -1.35. The molecule has 1 aromatic rings. The molecule has 1 aliphatic carbocycles. The molecule has 0 saturated heterocycles. The van der Waals surface area contributed by atoms with Crippen LogP contribution in [0.2, 0.25) is 0 Å². The number of hydrogen-bond donors (Lipinski definition) is 1. The van der Waals surface area contributed by atoms with Crippen molar-refractivity contribution in [1.82, 2.24) is 0 Å². The first-order valence-corrected chi connectivity index (χ1v) is 5.42. The average molecular weight is 219 g/mol. The molecule has 0 radical (unpaired) electrons. The molecule has 1 aromatic carbocycles. The molecule has 0 fully saturated rings. The van der Waals surface area contributed by atoms with Crippen LogP contribution in [0.3, 0.4) is 0 Å². The monoisotopic (exact) mass is 219 g/mol. The van der Waals surface area contributed by atoms with Gasteiger partial charge in [-0.3, -0.25) is 0 Å². The van der Waals surface area contributed by atoms with Crippen molar-refractivity contribution in [3.05, 3.63) is 34.9 Å². The molecule has 1 atom stereocenters. The molecule has 0 saturated carbocycles. The molecule has 0 spiro atoms. The highest BCUT2D eigenvalue weighted by Crippen LogP contribution is 2.43. The van der Waals surface area contributed by atoms with Crippen LogP contribution >= 0.6 is 0 Å². The third-order valence-electron chi connectivity index (χ3n) is 3.39. The lowest BCUT2D eigenvalue weighted by atomic mass is 9.86. The lowest BCUT2D eigenvalue weighted by Gasteiger charge is -2.23. The summed E-state index contributed by atoms with van der Waals surface area (Å²) >= 11 is 0. The fourth-order valence-corrected chi connectivity index (χ4v) is 2.31. The number of benzene rings is 1. The molecule has 0 amide bonds. The van der Waals surface area contributed by atoms with Crippen LogP contribution in [0.15, 0.2) is 18.2 Å². The molecule has 0 aromatic heterocycles. The molecule has 3 nitrogen and oxygen atoms in total. The Kier molecular flexibility index (Phi) is 2.50. The molecule has 16 heavy (non-hydrogen) atoms. The van der Waals surface area contributed by atoms with Crippen LogP contribution in [0, 0.1) is 5.41 Å². The molecule has 2 rings (SSSR count). The summed E-state index contributed by atoms with van der Waals surface area (Å²) < 4.78 is 4.70. The van der Waals surface area contributed by atoms with Crippen LogP contribution in [0.25, 0.3) is 0 Å². The highest BCUT2D eigenvalue weighted by atomic mass is 16.5. The first-order chi connectivity index (χ1) is 7.45. The fourth-order valence-electron chi connectivity index (χ4n) is 2.31. The summed E-state index contributed by atoms with van der Waals surface area (Å²) in [5, 5.41) is 0. The van der Waals surface area contributed by atoms with Crippen LogP contribution in [-0.2, 0) is 11.2 Å². The maximum Gasteiger partial charge on any atom is 0.337 e. The minimum atomic E-state index is -0.306. The van der Waals surface area contributed by atoms with E-state index in [1.54, 1.807) is 6.07 Å². The zero-order valence-corrected chi connectivity index (χ0v) is 9.91. The van der Waals surface area contributed by atoms with Crippen molar-refractivity contribution in [3.8, 4) is 0 Å². The fraction of sp³-hybridized carbons (Fsp3) is 0.462. The van der Waals surface area contributed by atoms with Gasteiger partial charge in [0, 0.05) is 6.04 Å². The van der Waals surface area contributed by atoms with E-state index in [1.807, 2.05) is 12.1 Å². The van der Waals surface area contributed by atoms with Gasteiger partial charge in [0.15, 0.2) is 0 Å². The molecular formula is C13H17NO2. The van der Waals surface area contributed by atoms with Crippen LogP contribution in [0.1, 0.15) is 41.4 Å². The van der Waals surface area contributed by atoms with Crippen molar-refractivity contribution < 1.29 is 9.53 Å². The number of carbonyl (C=O) groups is 1. The second-order valence-electron chi connectivity index (χ2n) is 5.05. The van der Waals surface area contributed by atoms with Crippen molar-refractivity contribution in [1.29, 1.82) is 0 Å². The van der Waals surface area contributed by atoms with E-state index >= 15 is 0 Å². The molecule has 0 bridgehead atoms. The highest BCUT2D eigenvalue weighted by Gasteiger charge is 2.36. The number of fused-ring (bicyclic) bond motifs is 1. The molecular weight excluding hydrogens is 202 g/mol. The topological polar surface area (TPSA) is 52.3 Å². The van der Waals surface area contributed by atoms with Gasteiger partial charge in [0.25, 0.3) is 0 Å². The standard InChI is InChI=1S/C13H17NO2/c1-13(2)7-9-5-4-8(12(15)16-3)6-10(9)11(13)14/h4-6,11H,7,14H2,1-3H3/t11-/m0/s1. The summed E-state index contributed by atoms with van der Waals surface area (Å²) in [6, 6.07) is 5.64. The quantitative estimate of drug-likeness (QED) is 0.735. The van der Waals surface area contributed by atoms with Crippen molar-refractivity contribution in [2.45, 2.75) is 26.3 Å². The second-order valence-corrected chi connectivity index (χ2v) is 5.05. The van der Waals surface area contributed by atoms with E-state index in [-0.39, 0.29) is 17.4 Å². The van der Waals surface area contributed by atoms with Gasteiger partial charge in [-0.2, -0.15) is 0 Å².